The van der Waals surface area contributed by atoms with E-state index in [-0.39, 0.29) is 30.3 Å². The fraction of sp³-hybridized carbons (Fsp3) is 0.333. The molecule has 6 heteroatoms. The maximum Gasteiger partial charge on any atom is 0.258 e. The maximum absolute atomic E-state index is 12.2. The van der Waals surface area contributed by atoms with Gasteiger partial charge in [-0.2, -0.15) is 0 Å². The Bertz CT molecular complexity index is 770. The molecule has 1 aliphatic rings. The molecule has 5 nitrogen and oxygen atoms in total. The van der Waals surface area contributed by atoms with Crippen LogP contribution in [0, 0.1) is 0 Å². The van der Waals surface area contributed by atoms with E-state index in [1.807, 2.05) is 13.8 Å². The Morgan fingerprint density at radius 3 is 2.96 bits per heavy atom. The average molecular weight is 348 g/mol. The van der Waals surface area contributed by atoms with Gasteiger partial charge < -0.3 is 14.5 Å². The molecule has 0 saturated heterocycles. The quantitative estimate of drug-likeness (QED) is 0.891. The second kappa shape index (κ2) is 6.69. The van der Waals surface area contributed by atoms with Crippen LogP contribution in [0.15, 0.2) is 34.9 Å². The number of ether oxygens (including phenoxy) is 1. The highest BCUT2D eigenvalue weighted by molar-refractivity contribution is 6.32. The molecule has 1 N–H and O–H groups in total. The minimum atomic E-state index is -0.291. The Morgan fingerprint density at radius 1 is 1.46 bits per heavy atom. The monoisotopic (exact) mass is 347 g/mol. The number of carbonyl (C=O) groups excluding carboxylic acids is 2. The van der Waals surface area contributed by atoms with Gasteiger partial charge in [0.25, 0.3) is 5.91 Å². The number of carbonyl (C=O) groups is 2. The van der Waals surface area contributed by atoms with Crippen molar-refractivity contribution in [3.05, 3.63) is 52.4 Å². The van der Waals surface area contributed by atoms with Crippen molar-refractivity contribution in [1.29, 1.82) is 0 Å². The molecule has 1 amide bonds. The highest BCUT2D eigenvalue weighted by Crippen LogP contribution is 2.42. The standard InChI is InChI=1S/C18H18ClNO4/c1-10-8-13(21)18-15(6-5-12(19)17(10)18)24-9-16(22)20-11(2)14-4-3-7-23-14/h3-7,10-11H,8-9H2,1-2H3,(H,20,22)/t10-,11+/m1/s1. The number of benzene rings is 1. The van der Waals surface area contributed by atoms with Gasteiger partial charge in [0.15, 0.2) is 12.4 Å². The Balaban J connectivity index is 1.67. The SMILES string of the molecule is C[C@@H]1CC(=O)c2c(OCC(=O)N[C@@H](C)c3ccco3)ccc(Cl)c21. The number of furan rings is 1. The highest BCUT2D eigenvalue weighted by atomic mass is 35.5. The van der Waals surface area contributed by atoms with Crippen LogP contribution in [0.1, 0.15) is 53.9 Å². The molecule has 0 unspecified atom stereocenters. The maximum atomic E-state index is 12.2. The largest absolute Gasteiger partial charge is 0.483 e. The Hall–Kier alpha value is -2.27. The van der Waals surface area contributed by atoms with Crippen LogP contribution in [0.4, 0.5) is 0 Å². The fourth-order valence-corrected chi connectivity index (χ4v) is 3.32. The lowest BCUT2D eigenvalue weighted by atomic mass is 10.0. The summed E-state index contributed by atoms with van der Waals surface area (Å²) in [6.07, 6.45) is 1.97. The minimum Gasteiger partial charge on any atom is -0.483 e. The smallest absolute Gasteiger partial charge is 0.258 e. The predicted molar refractivity (Wildman–Crippen MR) is 89.6 cm³/mol. The molecule has 24 heavy (non-hydrogen) atoms. The highest BCUT2D eigenvalue weighted by Gasteiger charge is 2.32. The average Bonchev–Trinajstić information content (AvgIpc) is 3.16. The summed E-state index contributed by atoms with van der Waals surface area (Å²) in [5.41, 5.74) is 1.31. The van der Waals surface area contributed by atoms with Gasteiger partial charge in [0.1, 0.15) is 11.5 Å². The van der Waals surface area contributed by atoms with Crippen molar-refractivity contribution >= 4 is 23.3 Å². The summed E-state index contributed by atoms with van der Waals surface area (Å²) >= 11 is 6.19. The number of Topliss-reactive ketones (excluding diaryl/α,β-unsaturated/α-hetero) is 1. The number of amides is 1. The van der Waals surface area contributed by atoms with E-state index in [1.54, 1.807) is 30.5 Å². The van der Waals surface area contributed by atoms with Gasteiger partial charge in [-0.05, 0) is 42.7 Å². The zero-order chi connectivity index (χ0) is 17.3. The van der Waals surface area contributed by atoms with Gasteiger partial charge in [-0.25, -0.2) is 0 Å². The van der Waals surface area contributed by atoms with E-state index < -0.39 is 0 Å². The third kappa shape index (κ3) is 3.17. The van der Waals surface area contributed by atoms with Gasteiger partial charge in [0.05, 0.1) is 17.9 Å². The molecular weight excluding hydrogens is 330 g/mol. The molecule has 1 aromatic heterocycles. The second-order valence-corrected chi connectivity index (χ2v) is 6.36. The van der Waals surface area contributed by atoms with Crippen LogP contribution >= 0.6 is 11.6 Å². The number of fused-ring (bicyclic) bond motifs is 1. The van der Waals surface area contributed by atoms with Crippen LogP contribution in [0.2, 0.25) is 5.02 Å². The van der Waals surface area contributed by atoms with Gasteiger partial charge >= 0.3 is 0 Å². The molecule has 2 aromatic rings. The number of hydrogen-bond donors (Lipinski definition) is 1. The first-order valence-electron chi connectivity index (χ1n) is 7.78. The van der Waals surface area contributed by atoms with Crippen LogP contribution in [0.25, 0.3) is 0 Å². The first kappa shape index (κ1) is 16.6. The lowest BCUT2D eigenvalue weighted by molar-refractivity contribution is -0.123. The molecule has 0 bridgehead atoms. The van der Waals surface area contributed by atoms with Gasteiger partial charge in [0, 0.05) is 11.4 Å². The Kier molecular flexibility index (Phi) is 4.62. The van der Waals surface area contributed by atoms with Gasteiger partial charge in [-0.1, -0.05) is 18.5 Å². The zero-order valence-corrected chi connectivity index (χ0v) is 14.2. The lowest BCUT2D eigenvalue weighted by Crippen LogP contribution is -2.31. The summed E-state index contributed by atoms with van der Waals surface area (Å²) < 4.78 is 10.8. The lowest BCUT2D eigenvalue weighted by Gasteiger charge is -2.14. The zero-order valence-electron chi connectivity index (χ0n) is 13.5. The molecule has 2 atom stereocenters. The van der Waals surface area contributed by atoms with Crippen molar-refractivity contribution < 1.29 is 18.7 Å². The van der Waals surface area contributed by atoms with Crippen LogP contribution in [0.5, 0.6) is 5.75 Å². The van der Waals surface area contributed by atoms with E-state index in [1.165, 1.54) is 0 Å². The summed E-state index contributed by atoms with van der Waals surface area (Å²) in [4.78, 5) is 24.2. The number of hydrogen-bond acceptors (Lipinski definition) is 4. The summed E-state index contributed by atoms with van der Waals surface area (Å²) in [5.74, 6) is 0.848. The molecule has 0 radical (unpaired) electrons. The van der Waals surface area contributed by atoms with Crippen molar-refractivity contribution in [2.75, 3.05) is 6.61 Å². The summed E-state index contributed by atoms with van der Waals surface area (Å²) in [5, 5.41) is 3.34. The summed E-state index contributed by atoms with van der Waals surface area (Å²) in [6.45, 7) is 3.60. The number of ketones is 1. The van der Waals surface area contributed by atoms with E-state index in [0.717, 1.165) is 5.56 Å². The Morgan fingerprint density at radius 2 is 2.25 bits per heavy atom. The third-order valence-electron chi connectivity index (χ3n) is 4.12. The van der Waals surface area contributed by atoms with Crippen LogP contribution < -0.4 is 10.1 Å². The second-order valence-electron chi connectivity index (χ2n) is 5.96. The molecule has 3 rings (SSSR count). The normalized spacial score (nSPS) is 17.5. The Labute approximate surface area is 144 Å². The summed E-state index contributed by atoms with van der Waals surface area (Å²) in [7, 11) is 0. The van der Waals surface area contributed by atoms with Crippen LogP contribution in [-0.2, 0) is 4.79 Å². The van der Waals surface area contributed by atoms with Crippen molar-refractivity contribution in [2.45, 2.75) is 32.2 Å². The molecule has 1 heterocycles. The topological polar surface area (TPSA) is 68.5 Å². The molecule has 0 fully saturated rings. The van der Waals surface area contributed by atoms with Gasteiger partial charge in [-0.3, -0.25) is 9.59 Å². The van der Waals surface area contributed by atoms with E-state index in [4.69, 9.17) is 20.8 Å². The number of halogens is 1. The van der Waals surface area contributed by atoms with Crippen molar-refractivity contribution in [1.82, 2.24) is 5.32 Å². The van der Waals surface area contributed by atoms with Gasteiger partial charge in [0.2, 0.25) is 0 Å². The van der Waals surface area contributed by atoms with Crippen LogP contribution in [0.3, 0.4) is 0 Å². The fourth-order valence-electron chi connectivity index (χ4n) is 2.98. The van der Waals surface area contributed by atoms with E-state index in [2.05, 4.69) is 5.32 Å². The van der Waals surface area contributed by atoms with Crippen molar-refractivity contribution in [2.24, 2.45) is 0 Å². The van der Waals surface area contributed by atoms with E-state index >= 15 is 0 Å². The summed E-state index contributed by atoms with van der Waals surface area (Å²) in [6, 6.07) is 6.64. The molecular formula is C18H18ClNO4. The first-order valence-corrected chi connectivity index (χ1v) is 8.16. The third-order valence-corrected chi connectivity index (χ3v) is 4.45. The first-order chi connectivity index (χ1) is 11.5. The molecule has 0 aliphatic heterocycles. The van der Waals surface area contributed by atoms with E-state index in [0.29, 0.717) is 28.5 Å². The minimum absolute atomic E-state index is 0.000591. The number of nitrogens with one attached hydrogen (secondary N) is 1. The molecule has 126 valence electrons. The van der Waals surface area contributed by atoms with Crippen molar-refractivity contribution in [3.8, 4) is 5.75 Å². The molecule has 1 aromatic carbocycles. The van der Waals surface area contributed by atoms with Crippen molar-refractivity contribution in [3.63, 3.8) is 0 Å². The molecule has 0 saturated carbocycles. The van der Waals surface area contributed by atoms with Gasteiger partial charge in [-0.15, -0.1) is 0 Å². The number of rotatable bonds is 5. The van der Waals surface area contributed by atoms with E-state index in [9.17, 15) is 9.59 Å². The molecule has 0 spiro atoms. The van der Waals surface area contributed by atoms with Crippen LogP contribution in [-0.4, -0.2) is 18.3 Å². The predicted octanol–water partition coefficient (Wildman–Crippen LogP) is 3.88. The molecule has 1 aliphatic carbocycles.